The second-order valence-corrected chi connectivity index (χ2v) is 6.96. The zero-order chi connectivity index (χ0) is 17.8. The highest BCUT2D eigenvalue weighted by Crippen LogP contribution is 2.33. The van der Waals surface area contributed by atoms with Gasteiger partial charge in [0.05, 0.1) is 14.2 Å². The molecule has 1 aromatic carbocycles. The number of guanidine groups is 1. The van der Waals surface area contributed by atoms with E-state index in [1.807, 2.05) is 7.05 Å². The van der Waals surface area contributed by atoms with Gasteiger partial charge < -0.3 is 20.1 Å². The molecule has 2 N–H and O–H groups in total. The van der Waals surface area contributed by atoms with E-state index in [0.717, 1.165) is 56.0 Å². The van der Waals surface area contributed by atoms with Gasteiger partial charge in [-0.05, 0) is 42.0 Å². The summed E-state index contributed by atoms with van der Waals surface area (Å²) in [6.45, 7) is 6.16. The topological polar surface area (TPSA) is 58.1 Å². The molecular formula is C19H30N4O2. The van der Waals surface area contributed by atoms with Crippen molar-refractivity contribution in [3.8, 4) is 11.5 Å². The van der Waals surface area contributed by atoms with Crippen LogP contribution in [-0.2, 0) is 13.0 Å². The van der Waals surface area contributed by atoms with Gasteiger partial charge in [0, 0.05) is 39.3 Å². The second kappa shape index (κ2) is 7.95. The van der Waals surface area contributed by atoms with E-state index >= 15 is 0 Å². The third kappa shape index (κ3) is 4.37. The van der Waals surface area contributed by atoms with Crippen molar-refractivity contribution in [3.63, 3.8) is 0 Å². The van der Waals surface area contributed by atoms with Crippen molar-refractivity contribution < 1.29 is 9.47 Å². The summed E-state index contributed by atoms with van der Waals surface area (Å²) in [5.41, 5.74) is 2.69. The quantitative estimate of drug-likeness (QED) is 0.606. The first-order chi connectivity index (χ1) is 12.1. The SMILES string of the molecule is CN=C(NCCN1CCc2cc(OC)c(OC)cc2C1)NC1CC1C. The summed E-state index contributed by atoms with van der Waals surface area (Å²) in [7, 11) is 5.21. The lowest BCUT2D eigenvalue weighted by atomic mass is 9.99. The summed E-state index contributed by atoms with van der Waals surface area (Å²) in [4.78, 5) is 6.78. The van der Waals surface area contributed by atoms with Crippen molar-refractivity contribution in [1.29, 1.82) is 0 Å². The summed E-state index contributed by atoms with van der Waals surface area (Å²) < 4.78 is 10.8. The van der Waals surface area contributed by atoms with E-state index in [4.69, 9.17) is 9.47 Å². The first-order valence-electron chi connectivity index (χ1n) is 9.08. The predicted molar refractivity (Wildman–Crippen MR) is 101 cm³/mol. The number of benzene rings is 1. The number of nitrogens with one attached hydrogen (secondary N) is 2. The molecule has 0 radical (unpaired) electrons. The van der Waals surface area contributed by atoms with E-state index in [9.17, 15) is 0 Å². The van der Waals surface area contributed by atoms with Crippen LogP contribution < -0.4 is 20.1 Å². The Morgan fingerprint density at radius 1 is 1.24 bits per heavy atom. The maximum atomic E-state index is 5.44. The van der Waals surface area contributed by atoms with Crippen LogP contribution in [0.1, 0.15) is 24.5 Å². The molecule has 0 amide bonds. The monoisotopic (exact) mass is 346 g/mol. The molecule has 3 rings (SSSR count). The molecule has 2 unspecified atom stereocenters. The number of rotatable bonds is 6. The van der Waals surface area contributed by atoms with Crippen LogP contribution in [0.2, 0.25) is 0 Å². The molecule has 0 aromatic heterocycles. The normalized spacial score (nSPS) is 23.0. The predicted octanol–water partition coefficient (Wildman–Crippen LogP) is 1.64. The Morgan fingerprint density at radius 3 is 2.52 bits per heavy atom. The van der Waals surface area contributed by atoms with Gasteiger partial charge in [-0.2, -0.15) is 0 Å². The van der Waals surface area contributed by atoms with Crippen LogP contribution in [-0.4, -0.2) is 57.8 Å². The maximum Gasteiger partial charge on any atom is 0.191 e. The minimum atomic E-state index is 0.593. The Balaban J connectivity index is 1.51. The molecule has 6 heteroatoms. The van der Waals surface area contributed by atoms with Gasteiger partial charge in [-0.3, -0.25) is 9.89 Å². The van der Waals surface area contributed by atoms with Crippen LogP contribution in [0.15, 0.2) is 17.1 Å². The highest BCUT2D eigenvalue weighted by atomic mass is 16.5. The van der Waals surface area contributed by atoms with Crippen molar-refractivity contribution in [1.82, 2.24) is 15.5 Å². The van der Waals surface area contributed by atoms with Gasteiger partial charge >= 0.3 is 0 Å². The smallest absolute Gasteiger partial charge is 0.191 e. The van der Waals surface area contributed by atoms with Crippen molar-refractivity contribution in [2.45, 2.75) is 32.4 Å². The lowest BCUT2D eigenvalue weighted by molar-refractivity contribution is 0.256. The second-order valence-electron chi connectivity index (χ2n) is 6.96. The van der Waals surface area contributed by atoms with Crippen molar-refractivity contribution in [3.05, 3.63) is 23.3 Å². The van der Waals surface area contributed by atoms with E-state index < -0.39 is 0 Å². The maximum absolute atomic E-state index is 5.44. The van der Waals surface area contributed by atoms with Crippen molar-refractivity contribution in [2.24, 2.45) is 10.9 Å². The van der Waals surface area contributed by atoms with Gasteiger partial charge in [0.1, 0.15) is 0 Å². The molecule has 25 heavy (non-hydrogen) atoms. The fourth-order valence-corrected chi connectivity index (χ4v) is 3.36. The summed E-state index contributed by atoms with van der Waals surface area (Å²) in [6, 6.07) is 4.82. The van der Waals surface area contributed by atoms with E-state index in [1.54, 1.807) is 14.2 Å². The van der Waals surface area contributed by atoms with E-state index in [-0.39, 0.29) is 0 Å². The van der Waals surface area contributed by atoms with Gasteiger partial charge in [0.2, 0.25) is 0 Å². The van der Waals surface area contributed by atoms with Crippen LogP contribution in [0.25, 0.3) is 0 Å². The standard InChI is InChI=1S/C19H30N4O2/c1-13-9-16(13)22-19(20-2)21-6-8-23-7-5-14-10-17(24-3)18(25-4)11-15(14)12-23/h10-11,13,16H,5-9,12H2,1-4H3,(H2,20,21,22). The fourth-order valence-electron chi connectivity index (χ4n) is 3.36. The summed E-state index contributed by atoms with van der Waals surface area (Å²) in [6.07, 6.45) is 2.29. The molecule has 1 saturated carbocycles. The third-order valence-corrected chi connectivity index (χ3v) is 5.17. The largest absolute Gasteiger partial charge is 0.493 e. The molecule has 0 bridgehead atoms. The average molecular weight is 346 g/mol. The molecule has 2 atom stereocenters. The molecule has 1 fully saturated rings. The van der Waals surface area contributed by atoms with Crippen LogP contribution in [0.4, 0.5) is 0 Å². The van der Waals surface area contributed by atoms with E-state index in [2.05, 4.69) is 39.6 Å². The Labute approximate surface area is 150 Å². The lowest BCUT2D eigenvalue weighted by Gasteiger charge is -2.29. The summed E-state index contributed by atoms with van der Waals surface area (Å²) in [5.74, 6) is 3.31. The number of fused-ring (bicyclic) bond motifs is 1. The van der Waals surface area contributed by atoms with Gasteiger partial charge in [-0.1, -0.05) is 6.92 Å². The number of nitrogens with zero attached hydrogens (tertiary/aromatic N) is 2. The molecule has 1 aliphatic heterocycles. The lowest BCUT2D eigenvalue weighted by Crippen LogP contribution is -2.43. The number of hydrogen-bond acceptors (Lipinski definition) is 4. The van der Waals surface area contributed by atoms with Crippen molar-refractivity contribution in [2.75, 3.05) is 40.9 Å². The van der Waals surface area contributed by atoms with Gasteiger partial charge in [-0.15, -0.1) is 0 Å². The first kappa shape index (κ1) is 17.9. The van der Waals surface area contributed by atoms with Crippen LogP contribution in [0.3, 0.4) is 0 Å². The molecule has 6 nitrogen and oxygen atoms in total. The minimum Gasteiger partial charge on any atom is -0.493 e. The molecule has 138 valence electrons. The zero-order valence-electron chi connectivity index (χ0n) is 15.8. The van der Waals surface area contributed by atoms with Crippen LogP contribution in [0, 0.1) is 5.92 Å². The molecule has 0 saturated heterocycles. The molecule has 1 aromatic rings. The van der Waals surface area contributed by atoms with Crippen LogP contribution in [0.5, 0.6) is 11.5 Å². The average Bonchev–Trinajstić information content (AvgIpc) is 3.34. The molecule has 0 spiro atoms. The van der Waals surface area contributed by atoms with Gasteiger partial charge in [0.25, 0.3) is 0 Å². The number of hydrogen-bond donors (Lipinski definition) is 2. The summed E-state index contributed by atoms with van der Waals surface area (Å²) >= 11 is 0. The molecule has 2 aliphatic rings. The Hall–Kier alpha value is -1.95. The number of ether oxygens (including phenoxy) is 2. The first-order valence-corrected chi connectivity index (χ1v) is 9.08. The molecule has 1 aliphatic carbocycles. The minimum absolute atomic E-state index is 0.593. The van der Waals surface area contributed by atoms with E-state index in [1.165, 1.54) is 17.5 Å². The highest BCUT2D eigenvalue weighted by Gasteiger charge is 2.33. The number of methoxy groups -OCH3 is 2. The van der Waals surface area contributed by atoms with E-state index in [0.29, 0.717) is 6.04 Å². The fraction of sp³-hybridized carbons (Fsp3) is 0.632. The van der Waals surface area contributed by atoms with Crippen LogP contribution >= 0.6 is 0 Å². The van der Waals surface area contributed by atoms with Crippen molar-refractivity contribution >= 4 is 5.96 Å². The highest BCUT2D eigenvalue weighted by molar-refractivity contribution is 5.80. The van der Waals surface area contributed by atoms with Gasteiger partial charge in [-0.25, -0.2) is 0 Å². The Kier molecular flexibility index (Phi) is 5.68. The summed E-state index contributed by atoms with van der Waals surface area (Å²) in [5, 5.41) is 6.89. The molecular weight excluding hydrogens is 316 g/mol. The zero-order valence-corrected chi connectivity index (χ0v) is 15.8. The Morgan fingerprint density at radius 2 is 1.92 bits per heavy atom. The molecule has 1 heterocycles. The Bertz CT molecular complexity index is 632. The van der Waals surface area contributed by atoms with Gasteiger partial charge in [0.15, 0.2) is 17.5 Å². The third-order valence-electron chi connectivity index (χ3n) is 5.17. The number of aliphatic imine (C=N–C) groups is 1.